The molecular weight excluding hydrogens is 378 g/mol. The Hall–Kier alpha value is -2.90. The summed E-state index contributed by atoms with van der Waals surface area (Å²) >= 11 is 0. The Morgan fingerprint density at radius 2 is 1.86 bits per heavy atom. The fourth-order valence-electron chi connectivity index (χ4n) is 3.62. The summed E-state index contributed by atoms with van der Waals surface area (Å²) in [6, 6.07) is 6.92. The number of benzene rings is 1. The Morgan fingerprint density at radius 1 is 1.17 bits per heavy atom. The first-order valence-corrected chi connectivity index (χ1v) is 9.85. The highest BCUT2D eigenvalue weighted by Gasteiger charge is 2.36. The van der Waals surface area contributed by atoms with Gasteiger partial charge in [0.1, 0.15) is 0 Å². The van der Waals surface area contributed by atoms with E-state index < -0.39 is 24.1 Å². The van der Waals surface area contributed by atoms with Gasteiger partial charge in [0.05, 0.1) is 18.1 Å². The van der Waals surface area contributed by atoms with Crippen LogP contribution in [0.25, 0.3) is 0 Å². The number of hydrogen-bond donors (Lipinski definition) is 0. The molecule has 0 aliphatic carbocycles. The van der Waals surface area contributed by atoms with E-state index >= 15 is 0 Å². The Morgan fingerprint density at radius 3 is 2.55 bits per heavy atom. The fraction of sp³-hybridized carbons (Fsp3) is 0.524. The van der Waals surface area contributed by atoms with E-state index in [1.54, 1.807) is 36.1 Å². The van der Waals surface area contributed by atoms with Crippen molar-refractivity contribution in [1.29, 1.82) is 0 Å². The molecule has 1 aromatic rings. The Labute approximate surface area is 169 Å². The van der Waals surface area contributed by atoms with E-state index in [4.69, 9.17) is 14.2 Å². The highest BCUT2D eigenvalue weighted by Crippen LogP contribution is 2.23. The van der Waals surface area contributed by atoms with Gasteiger partial charge in [0.25, 0.3) is 5.91 Å². The molecule has 2 heterocycles. The van der Waals surface area contributed by atoms with Gasteiger partial charge in [-0.15, -0.1) is 0 Å². The number of carbonyl (C=O) groups excluding carboxylic acids is 4. The number of likely N-dealkylation sites (tertiary alicyclic amines) is 1. The first kappa shape index (κ1) is 20.8. The number of amides is 1. The normalized spacial score (nSPS) is 20.3. The van der Waals surface area contributed by atoms with E-state index in [2.05, 4.69) is 0 Å². The fourth-order valence-corrected chi connectivity index (χ4v) is 3.62. The lowest BCUT2D eigenvalue weighted by Gasteiger charge is -2.32. The van der Waals surface area contributed by atoms with Gasteiger partial charge >= 0.3 is 17.9 Å². The number of rotatable bonds is 5. The Bertz CT molecular complexity index is 798. The van der Waals surface area contributed by atoms with Crippen molar-refractivity contribution < 1.29 is 33.4 Å². The highest BCUT2D eigenvalue weighted by atomic mass is 16.6. The molecule has 2 aliphatic heterocycles. The van der Waals surface area contributed by atoms with Gasteiger partial charge < -0.3 is 19.1 Å². The summed E-state index contributed by atoms with van der Waals surface area (Å²) in [6.07, 6.45) is -0.823. The minimum Gasteiger partial charge on any atom is -0.466 e. The molecule has 3 rings (SSSR count). The zero-order valence-corrected chi connectivity index (χ0v) is 16.6. The first-order valence-electron chi connectivity index (χ1n) is 9.85. The lowest BCUT2D eigenvalue weighted by molar-refractivity contribution is -0.167. The van der Waals surface area contributed by atoms with Crippen molar-refractivity contribution in [1.82, 2.24) is 4.90 Å². The highest BCUT2D eigenvalue weighted by molar-refractivity contribution is 5.95. The summed E-state index contributed by atoms with van der Waals surface area (Å²) in [6.45, 7) is 4.39. The van der Waals surface area contributed by atoms with E-state index in [1.807, 2.05) is 0 Å². The second kappa shape index (κ2) is 9.07. The Kier molecular flexibility index (Phi) is 6.51. The van der Waals surface area contributed by atoms with Crippen LogP contribution in [-0.4, -0.2) is 60.6 Å². The molecule has 1 fully saturated rings. The van der Waals surface area contributed by atoms with E-state index in [1.165, 1.54) is 6.92 Å². The number of cyclic esters (lactones) is 1. The molecule has 29 heavy (non-hydrogen) atoms. The SMILES string of the molecule is CCOC(=O)C1CCN(C(=O)C(C)OC(=O)C2Cc3ccccc3C(=O)O2)CC1. The second-order valence-electron chi connectivity index (χ2n) is 7.19. The molecule has 2 atom stereocenters. The van der Waals surface area contributed by atoms with Crippen molar-refractivity contribution >= 4 is 23.8 Å². The predicted octanol–water partition coefficient (Wildman–Crippen LogP) is 1.50. The number of hydrogen-bond acceptors (Lipinski definition) is 7. The quantitative estimate of drug-likeness (QED) is 0.543. The molecule has 8 heteroatoms. The number of fused-ring (bicyclic) bond motifs is 1. The Balaban J connectivity index is 1.52. The maximum Gasteiger partial charge on any atom is 0.348 e. The first-order chi connectivity index (χ1) is 13.9. The molecule has 8 nitrogen and oxygen atoms in total. The zero-order chi connectivity index (χ0) is 21.0. The second-order valence-corrected chi connectivity index (χ2v) is 7.19. The maximum atomic E-state index is 12.6. The van der Waals surface area contributed by atoms with E-state index in [0.29, 0.717) is 43.7 Å². The predicted molar refractivity (Wildman–Crippen MR) is 101 cm³/mol. The van der Waals surface area contributed by atoms with Crippen LogP contribution in [0.1, 0.15) is 42.6 Å². The standard InChI is InChI=1S/C21H25NO7/c1-3-27-19(24)14-8-10-22(11-9-14)18(23)13(2)28-21(26)17-12-15-6-4-5-7-16(15)20(25)29-17/h4-7,13-14,17H,3,8-12H2,1-2H3. The molecule has 0 saturated carbocycles. The largest absolute Gasteiger partial charge is 0.466 e. The monoisotopic (exact) mass is 403 g/mol. The number of ether oxygens (including phenoxy) is 3. The van der Waals surface area contributed by atoms with Crippen LogP contribution in [0.4, 0.5) is 0 Å². The lowest BCUT2D eigenvalue weighted by atomic mass is 9.96. The molecule has 1 aromatic carbocycles. The molecular formula is C21H25NO7. The molecule has 0 N–H and O–H groups in total. The van der Waals surface area contributed by atoms with Gasteiger partial charge in [-0.2, -0.15) is 0 Å². The van der Waals surface area contributed by atoms with Gasteiger partial charge in [-0.1, -0.05) is 18.2 Å². The smallest absolute Gasteiger partial charge is 0.348 e. The summed E-state index contributed by atoms with van der Waals surface area (Å²) in [4.78, 5) is 50.5. The van der Waals surface area contributed by atoms with Crippen molar-refractivity contribution in [3.63, 3.8) is 0 Å². The molecule has 0 spiro atoms. The van der Waals surface area contributed by atoms with Crippen LogP contribution < -0.4 is 0 Å². The third-order valence-corrected chi connectivity index (χ3v) is 5.22. The average Bonchev–Trinajstić information content (AvgIpc) is 2.73. The van der Waals surface area contributed by atoms with Gasteiger partial charge in [0, 0.05) is 19.5 Å². The van der Waals surface area contributed by atoms with Crippen LogP contribution in [0, 0.1) is 5.92 Å². The van der Waals surface area contributed by atoms with E-state index in [-0.39, 0.29) is 24.2 Å². The molecule has 0 aromatic heterocycles. The van der Waals surface area contributed by atoms with Gasteiger partial charge in [-0.25, -0.2) is 9.59 Å². The number of nitrogens with zero attached hydrogens (tertiary/aromatic N) is 1. The van der Waals surface area contributed by atoms with Crippen LogP contribution in [0.5, 0.6) is 0 Å². The lowest BCUT2D eigenvalue weighted by Crippen LogP contribution is -2.46. The van der Waals surface area contributed by atoms with Crippen LogP contribution in [0.3, 0.4) is 0 Å². The summed E-state index contributed by atoms with van der Waals surface area (Å²) < 4.78 is 15.5. The maximum absolute atomic E-state index is 12.6. The van der Waals surface area contributed by atoms with Gasteiger partial charge in [0.15, 0.2) is 6.10 Å². The van der Waals surface area contributed by atoms with Crippen molar-refractivity contribution in [2.45, 2.75) is 45.3 Å². The van der Waals surface area contributed by atoms with E-state index in [0.717, 1.165) is 0 Å². The average molecular weight is 403 g/mol. The molecule has 0 radical (unpaired) electrons. The number of carbonyl (C=O) groups is 4. The third kappa shape index (κ3) is 4.75. The van der Waals surface area contributed by atoms with Crippen LogP contribution in [-0.2, 0) is 35.0 Å². The minimum absolute atomic E-state index is 0.210. The zero-order valence-electron chi connectivity index (χ0n) is 16.6. The minimum atomic E-state index is -1.07. The molecule has 1 amide bonds. The van der Waals surface area contributed by atoms with Crippen LogP contribution in [0.2, 0.25) is 0 Å². The summed E-state index contributed by atoms with van der Waals surface area (Å²) in [5.74, 6) is -2.09. The van der Waals surface area contributed by atoms with Crippen LogP contribution >= 0.6 is 0 Å². The van der Waals surface area contributed by atoms with E-state index in [9.17, 15) is 19.2 Å². The van der Waals surface area contributed by atoms with Crippen molar-refractivity contribution in [2.24, 2.45) is 5.92 Å². The van der Waals surface area contributed by atoms with Crippen molar-refractivity contribution in [3.8, 4) is 0 Å². The van der Waals surface area contributed by atoms with Gasteiger partial charge in [-0.3, -0.25) is 9.59 Å². The number of piperidine rings is 1. The van der Waals surface area contributed by atoms with Crippen molar-refractivity contribution in [3.05, 3.63) is 35.4 Å². The molecule has 156 valence electrons. The topological polar surface area (TPSA) is 99.2 Å². The van der Waals surface area contributed by atoms with Gasteiger partial charge in [-0.05, 0) is 38.3 Å². The van der Waals surface area contributed by atoms with Crippen molar-refractivity contribution in [2.75, 3.05) is 19.7 Å². The summed E-state index contributed by atoms with van der Waals surface area (Å²) in [5.41, 5.74) is 1.15. The molecule has 2 unspecified atom stereocenters. The van der Waals surface area contributed by atoms with Crippen LogP contribution in [0.15, 0.2) is 24.3 Å². The summed E-state index contributed by atoms with van der Waals surface area (Å²) in [5, 5.41) is 0. The molecule has 1 saturated heterocycles. The third-order valence-electron chi connectivity index (χ3n) is 5.22. The molecule has 0 bridgehead atoms. The number of esters is 3. The van der Waals surface area contributed by atoms with Gasteiger partial charge in [0.2, 0.25) is 6.10 Å². The molecule has 2 aliphatic rings. The summed E-state index contributed by atoms with van der Waals surface area (Å²) in [7, 11) is 0.